The van der Waals surface area contributed by atoms with Crippen LogP contribution in [0.1, 0.15) is 12.2 Å². The van der Waals surface area contributed by atoms with Crippen molar-refractivity contribution in [2.75, 3.05) is 20.2 Å². The molecule has 92 valence electrons. The quantitative estimate of drug-likeness (QED) is 0.707. The molecule has 0 spiro atoms. The van der Waals surface area contributed by atoms with Crippen molar-refractivity contribution >= 4 is 10.2 Å². The summed E-state index contributed by atoms with van der Waals surface area (Å²) in [4.78, 5) is 0. The molecule has 0 amide bonds. The Morgan fingerprint density at radius 2 is 2.31 bits per heavy atom. The van der Waals surface area contributed by atoms with Gasteiger partial charge in [0.05, 0.1) is 12.8 Å². The smallest absolute Gasteiger partial charge is 0.279 e. The number of aliphatic hydroxyl groups excluding tert-OH is 1. The number of hydrogen-bond donors (Lipinski definition) is 2. The maximum atomic E-state index is 11.6. The van der Waals surface area contributed by atoms with Crippen LogP contribution in [0.5, 0.6) is 0 Å². The van der Waals surface area contributed by atoms with Gasteiger partial charge in [-0.2, -0.15) is 17.4 Å². The van der Waals surface area contributed by atoms with E-state index in [1.807, 2.05) is 0 Å². The van der Waals surface area contributed by atoms with Crippen LogP contribution in [-0.2, 0) is 16.8 Å². The summed E-state index contributed by atoms with van der Waals surface area (Å²) in [6.45, 7) is 0.376. The molecule has 0 aromatic carbocycles. The molecule has 2 N–H and O–H groups in total. The highest BCUT2D eigenvalue weighted by Crippen LogP contribution is 2.02. The van der Waals surface area contributed by atoms with Crippen LogP contribution in [0, 0.1) is 0 Å². The van der Waals surface area contributed by atoms with Crippen LogP contribution in [0.2, 0.25) is 0 Å². The fourth-order valence-corrected chi connectivity index (χ4v) is 2.01. The third-order valence-electron chi connectivity index (χ3n) is 2.05. The first-order valence-electron chi connectivity index (χ1n) is 4.90. The van der Waals surface area contributed by atoms with Crippen molar-refractivity contribution in [1.82, 2.24) is 9.03 Å². The minimum Gasteiger partial charge on any atom is -0.468 e. The van der Waals surface area contributed by atoms with Crippen LogP contribution < -0.4 is 4.72 Å². The van der Waals surface area contributed by atoms with Crippen molar-refractivity contribution in [2.45, 2.75) is 13.0 Å². The molecule has 0 saturated heterocycles. The number of aliphatic hydroxyl groups is 1. The van der Waals surface area contributed by atoms with E-state index < -0.39 is 10.2 Å². The van der Waals surface area contributed by atoms with E-state index in [2.05, 4.69) is 4.72 Å². The lowest BCUT2D eigenvalue weighted by Crippen LogP contribution is -2.38. The first-order valence-corrected chi connectivity index (χ1v) is 6.34. The molecule has 1 aromatic rings. The largest absolute Gasteiger partial charge is 0.468 e. The van der Waals surface area contributed by atoms with Gasteiger partial charge in [0.2, 0.25) is 0 Å². The summed E-state index contributed by atoms with van der Waals surface area (Å²) in [6, 6.07) is 3.38. The van der Waals surface area contributed by atoms with Gasteiger partial charge in [0, 0.05) is 20.2 Å². The van der Waals surface area contributed by atoms with Gasteiger partial charge in [0.25, 0.3) is 10.2 Å². The van der Waals surface area contributed by atoms with E-state index in [0.717, 1.165) is 4.31 Å². The van der Waals surface area contributed by atoms with Crippen LogP contribution in [0.3, 0.4) is 0 Å². The fraction of sp³-hybridized carbons (Fsp3) is 0.556. The third kappa shape index (κ3) is 3.93. The van der Waals surface area contributed by atoms with Crippen LogP contribution >= 0.6 is 0 Å². The normalized spacial score (nSPS) is 12.2. The summed E-state index contributed by atoms with van der Waals surface area (Å²) in [6.07, 6.45) is 1.90. The minimum atomic E-state index is -3.50. The van der Waals surface area contributed by atoms with Gasteiger partial charge in [-0.1, -0.05) is 0 Å². The Labute approximate surface area is 95.1 Å². The minimum absolute atomic E-state index is 0.0297. The van der Waals surface area contributed by atoms with Gasteiger partial charge < -0.3 is 9.52 Å². The summed E-state index contributed by atoms with van der Waals surface area (Å²) in [5.74, 6) is 0.555. The Morgan fingerprint density at radius 1 is 1.56 bits per heavy atom. The van der Waals surface area contributed by atoms with Gasteiger partial charge in [-0.25, -0.2) is 0 Å². The first-order chi connectivity index (χ1) is 7.56. The van der Waals surface area contributed by atoms with Gasteiger partial charge in [0.1, 0.15) is 5.76 Å². The van der Waals surface area contributed by atoms with E-state index in [0.29, 0.717) is 12.2 Å². The SMILES string of the molecule is CN(CCCO)S(=O)(=O)NCc1ccco1. The second kappa shape index (κ2) is 6.00. The number of rotatable bonds is 7. The maximum absolute atomic E-state index is 11.6. The molecule has 0 aliphatic rings. The number of nitrogens with one attached hydrogen (secondary N) is 1. The van der Waals surface area contributed by atoms with Crippen LogP contribution in [0.15, 0.2) is 22.8 Å². The van der Waals surface area contributed by atoms with Gasteiger partial charge in [-0.05, 0) is 18.6 Å². The van der Waals surface area contributed by atoms with Crippen molar-refractivity contribution in [3.63, 3.8) is 0 Å². The zero-order chi connectivity index (χ0) is 12.0. The standard InChI is InChI=1S/C9H16N2O4S/c1-11(5-3-6-12)16(13,14)10-8-9-4-2-7-15-9/h2,4,7,10,12H,3,5-6,8H2,1H3. The van der Waals surface area contributed by atoms with Gasteiger partial charge in [-0.3, -0.25) is 0 Å². The summed E-state index contributed by atoms with van der Waals surface area (Å²) in [7, 11) is -2.04. The molecule has 0 bridgehead atoms. The van der Waals surface area contributed by atoms with Crippen LogP contribution in [-0.4, -0.2) is 38.0 Å². The van der Waals surface area contributed by atoms with E-state index in [9.17, 15) is 8.42 Å². The lowest BCUT2D eigenvalue weighted by molar-refractivity contribution is 0.275. The topological polar surface area (TPSA) is 82.8 Å². The molecule has 1 aromatic heterocycles. The van der Waals surface area contributed by atoms with E-state index in [1.54, 1.807) is 12.1 Å². The average Bonchev–Trinajstić information content (AvgIpc) is 2.76. The molecular weight excluding hydrogens is 232 g/mol. The zero-order valence-corrected chi connectivity index (χ0v) is 9.90. The average molecular weight is 248 g/mol. The van der Waals surface area contributed by atoms with Gasteiger partial charge in [0.15, 0.2) is 0 Å². The number of hydrogen-bond acceptors (Lipinski definition) is 4. The first kappa shape index (κ1) is 13.2. The fourth-order valence-electron chi connectivity index (χ4n) is 1.10. The van der Waals surface area contributed by atoms with Crippen LogP contribution in [0.25, 0.3) is 0 Å². The highest BCUT2D eigenvalue weighted by molar-refractivity contribution is 7.87. The molecule has 0 aliphatic carbocycles. The predicted octanol–water partition coefficient (Wildman–Crippen LogP) is -0.0718. The lowest BCUT2D eigenvalue weighted by atomic mass is 10.5. The molecule has 1 heterocycles. The predicted molar refractivity (Wildman–Crippen MR) is 58.8 cm³/mol. The highest BCUT2D eigenvalue weighted by Gasteiger charge is 2.16. The molecule has 0 aliphatic heterocycles. The van der Waals surface area contributed by atoms with Crippen molar-refractivity contribution in [3.05, 3.63) is 24.2 Å². The Kier molecular flexibility index (Phi) is 4.94. The Bertz CT molecular complexity index is 388. The second-order valence-electron chi connectivity index (χ2n) is 3.30. The summed E-state index contributed by atoms with van der Waals surface area (Å²) in [5, 5.41) is 8.60. The maximum Gasteiger partial charge on any atom is 0.279 e. The van der Waals surface area contributed by atoms with E-state index >= 15 is 0 Å². The summed E-state index contributed by atoms with van der Waals surface area (Å²) in [5.41, 5.74) is 0. The van der Waals surface area contributed by atoms with Crippen molar-refractivity contribution in [3.8, 4) is 0 Å². The van der Waals surface area contributed by atoms with Gasteiger partial charge >= 0.3 is 0 Å². The number of furan rings is 1. The molecule has 0 unspecified atom stereocenters. The Hall–Kier alpha value is -0.890. The molecule has 16 heavy (non-hydrogen) atoms. The van der Waals surface area contributed by atoms with Crippen molar-refractivity contribution in [1.29, 1.82) is 0 Å². The van der Waals surface area contributed by atoms with Gasteiger partial charge in [-0.15, -0.1) is 0 Å². The van der Waals surface area contributed by atoms with E-state index in [4.69, 9.17) is 9.52 Å². The highest BCUT2D eigenvalue weighted by atomic mass is 32.2. The van der Waals surface area contributed by atoms with Crippen LogP contribution in [0.4, 0.5) is 0 Å². The molecule has 0 radical (unpaired) electrons. The third-order valence-corrected chi connectivity index (χ3v) is 3.56. The lowest BCUT2D eigenvalue weighted by Gasteiger charge is -2.16. The van der Waals surface area contributed by atoms with E-state index in [-0.39, 0.29) is 19.7 Å². The monoisotopic (exact) mass is 248 g/mol. The zero-order valence-electron chi connectivity index (χ0n) is 9.09. The molecule has 0 fully saturated rings. The molecule has 0 saturated carbocycles. The van der Waals surface area contributed by atoms with Crippen molar-refractivity contribution < 1.29 is 17.9 Å². The molecular formula is C9H16N2O4S. The molecule has 7 heteroatoms. The Morgan fingerprint density at radius 3 is 2.88 bits per heavy atom. The van der Waals surface area contributed by atoms with E-state index in [1.165, 1.54) is 13.3 Å². The summed E-state index contributed by atoms with van der Waals surface area (Å²) >= 11 is 0. The van der Waals surface area contributed by atoms with Crippen molar-refractivity contribution in [2.24, 2.45) is 0 Å². The number of nitrogens with zero attached hydrogens (tertiary/aromatic N) is 1. The molecule has 0 atom stereocenters. The second-order valence-corrected chi connectivity index (χ2v) is 5.17. The molecule has 1 rings (SSSR count). The Balaban J connectivity index is 2.45. The summed E-state index contributed by atoms with van der Waals surface area (Å²) < 4.78 is 31.8. The molecule has 6 nitrogen and oxygen atoms in total.